The van der Waals surface area contributed by atoms with Gasteiger partial charge < -0.3 is 14.1 Å². The van der Waals surface area contributed by atoms with Gasteiger partial charge >= 0.3 is 0 Å². The molecular formula is C20H19F2N3O3S. The number of hydrogen-bond acceptors (Lipinski definition) is 6. The predicted octanol–water partition coefficient (Wildman–Crippen LogP) is 4.08. The second kappa shape index (κ2) is 8.69. The smallest absolute Gasteiger partial charge is 0.248 e. The van der Waals surface area contributed by atoms with Gasteiger partial charge in [0.05, 0.1) is 0 Å². The molecule has 1 aliphatic rings. The molecule has 29 heavy (non-hydrogen) atoms. The molecule has 0 saturated carbocycles. The summed E-state index contributed by atoms with van der Waals surface area (Å²) in [4.78, 5) is 14.2. The first-order valence-corrected chi connectivity index (χ1v) is 10.3. The molecule has 1 fully saturated rings. The summed E-state index contributed by atoms with van der Waals surface area (Å²) >= 11 is 1.55. The number of carbonyl (C=O) groups excluding carboxylic acids is 1. The minimum atomic E-state index is -0.718. The Kier molecular flexibility index (Phi) is 5.84. The summed E-state index contributed by atoms with van der Waals surface area (Å²) in [6, 6.07) is 5.15. The van der Waals surface area contributed by atoms with Gasteiger partial charge in [-0.25, -0.2) is 8.78 Å². The Morgan fingerprint density at radius 2 is 2.07 bits per heavy atom. The van der Waals surface area contributed by atoms with Gasteiger partial charge in [0.1, 0.15) is 11.9 Å². The highest BCUT2D eigenvalue weighted by Crippen LogP contribution is 2.24. The molecule has 152 valence electrons. The zero-order valence-electron chi connectivity index (χ0n) is 15.5. The van der Waals surface area contributed by atoms with Crippen molar-refractivity contribution in [3.8, 4) is 17.2 Å². The normalized spacial score (nSPS) is 14.9. The van der Waals surface area contributed by atoms with Crippen molar-refractivity contribution in [2.24, 2.45) is 0 Å². The molecule has 1 saturated heterocycles. The number of carbonyl (C=O) groups is 1. The second-order valence-electron chi connectivity index (χ2n) is 6.79. The van der Waals surface area contributed by atoms with Crippen LogP contribution in [-0.4, -0.2) is 40.2 Å². The average molecular weight is 419 g/mol. The van der Waals surface area contributed by atoms with Crippen LogP contribution in [0.15, 0.2) is 39.4 Å². The van der Waals surface area contributed by atoms with Crippen molar-refractivity contribution in [2.45, 2.75) is 31.8 Å². The van der Waals surface area contributed by atoms with Crippen molar-refractivity contribution in [3.05, 3.63) is 52.6 Å². The monoisotopic (exact) mass is 419 g/mol. The van der Waals surface area contributed by atoms with E-state index in [1.54, 1.807) is 16.2 Å². The third-order valence-electron chi connectivity index (χ3n) is 4.77. The van der Waals surface area contributed by atoms with E-state index >= 15 is 0 Å². The Bertz CT molecular complexity index is 969. The summed E-state index contributed by atoms with van der Waals surface area (Å²) in [6.07, 6.45) is 1.64. The molecule has 1 aliphatic heterocycles. The molecular weight excluding hydrogens is 400 g/mol. The molecule has 9 heteroatoms. The number of likely N-dealkylation sites (tertiary alicyclic amines) is 1. The van der Waals surface area contributed by atoms with E-state index in [4.69, 9.17) is 9.15 Å². The van der Waals surface area contributed by atoms with E-state index in [-0.39, 0.29) is 24.2 Å². The average Bonchev–Trinajstić information content (AvgIpc) is 3.40. The number of ether oxygens (including phenoxy) is 1. The Morgan fingerprint density at radius 1 is 1.24 bits per heavy atom. The van der Waals surface area contributed by atoms with Crippen LogP contribution in [-0.2, 0) is 11.2 Å². The lowest BCUT2D eigenvalue weighted by atomic mass is 10.1. The number of nitrogens with zero attached hydrogens (tertiary/aromatic N) is 3. The number of benzene rings is 1. The van der Waals surface area contributed by atoms with Crippen LogP contribution in [0.3, 0.4) is 0 Å². The summed E-state index contributed by atoms with van der Waals surface area (Å²) in [5.41, 5.74) is 0.875. The fourth-order valence-corrected chi connectivity index (χ4v) is 3.83. The number of piperidine rings is 1. The molecule has 4 rings (SSSR count). The maximum atomic E-state index is 13.7. The first-order chi connectivity index (χ1) is 14.1. The lowest BCUT2D eigenvalue weighted by Crippen LogP contribution is -2.41. The number of aromatic nitrogens is 2. The predicted molar refractivity (Wildman–Crippen MR) is 103 cm³/mol. The minimum Gasteiger partial charge on any atom is -0.487 e. The molecule has 0 N–H and O–H groups in total. The minimum absolute atomic E-state index is 0.00620. The van der Waals surface area contributed by atoms with E-state index in [9.17, 15) is 13.6 Å². The van der Waals surface area contributed by atoms with E-state index < -0.39 is 11.6 Å². The van der Waals surface area contributed by atoms with Gasteiger partial charge in [-0.3, -0.25) is 4.79 Å². The summed E-state index contributed by atoms with van der Waals surface area (Å²) in [5, 5.41) is 11.9. The SMILES string of the molecule is O=C(CCc1nnc(-c2ccsc2)o1)N1CCC(Oc2ccc(F)cc2F)CC1. The highest BCUT2D eigenvalue weighted by Gasteiger charge is 2.25. The molecule has 1 amide bonds. The summed E-state index contributed by atoms with van der Waals surface area (Å²) in [7, 11) is 0. The van der Waals surface area contributed by atoms with E-state index in [0.717, 1.165) is 11.6 Å². The van der Waals surface area contributed by atoms with Crippen molar-refractivity contribution in [1.82, 2.24) is 15.1 Å². The van der Waals surface area contributed by atoms with Gasteiger partial charge in [-0.15, -0.1) is 10.2 Å². The number of rotatable bonds is 6. The quantitative estimate of drug-likeness (QED) is 0.602. The van der Waals surface area contributed by atoms with Crippen molar-refractivity contribution in [3.63, 3.8) is 0 Å². The first-order valence-electron chi connectivity index (χ1n) is 9.33. The molecule has 0 aliphatic carbocycles. The van der Waals surface area contributed by atoms with Crippen LogP contribution in [0.1, 0.15) is 25.2 Å². The second-order valence-corrected chi connectivity index (χ2v) is 7.57. The van der Waals surface area contributed by atoms with Crippen LogP contribution in [0, 0.1) is 11.6 Å². The topological polar surface area (TPSA) is 68.5 Å². The molecule has 0 spiro atoms. The van der Waals surface area contributed by atoms with Crippen LogP contribution in [0.5, 0.6) is 5.75 Å². The number of amides is 1. The highest BCUT2D eigenvalue weighted by molar-refractivity contribution is 7.08. The molecule has 0 unspecified atom stereocenters. The largest absolute Gasteiger partial charge is 0.487 e. The third kappa shape index (κ3) is 4.79. The van der Waals surface area contributed by atoms with E-state index in [1.807, 2.05) is 16.8 Å². The van der Waals surface area contributed by atoms with E-state index in [0.29, 0.717) is 44.1 Å². The van der Waals surface area contributed by atoms with Gasteiger partial charge in [-0.2, -0.15) is 11.3 Å². The van der Waals surface area contributed by atoms with Gasteiger partial charge in [0.25, 0.3) is 0 Å². The lowest BCUT2D eigenvalue weighted by Gasteiger charge is -2.32. The lowest BCUT2D eigenvalue weighted by molar-refractivity contribution is -0.133. The number of aryl methyl sites for hydroxylation is 1. The van der Waals surface area contributed by atoms with E-state index in [2.05, 4.69) is 10.2 Å². The zero-order chi connectivity index (χ0) is 20.2. The van der Waals surface area contributed by atoms with Gasteiger partial charge in [0.2, 0.25) is 17.7 Å². The Labute approximate surface area is 170 Å². The van der Waals surface area contributed by atoms with Crippen LogP contribution in [0.4, 0.5) is 8.78 Å². The Balaban J connectivity index is 1.24. The standard InChI is InChI=1S/C20H19F2N3O3S/c21-14-1-2-17(16(22)11-14)27-15-5-8-25(9-6-15)19(26)4-3-18-23-24-20(28-18)13-7-10-29-12-13/h1-2,7,10-12,15H,3-6,8-9H2. The molecule has 3 heterocycles. The Hall–Kier alpha value is -2.81. The molecule has 0 radical (unpaired) electrons. The first kappa shape index (κ1) is 19.5. The third-order valence-corrected chi connectivity index (χ3v) is 5.45. The molecule has 2 aromatic heterocycles. The van der Waals surface area contributed by atoms with Crippen LogP contribution < -0.4 is 4.74 Å². The molecule has 0 atom stereocenters. The molecule has 0 bridgehead atoms. The molecule has 1 aromatic carbocycles. The van der Waals surface area contributed by atoms with Crippen molar-refractivity contribution in [2.75, 3.05) is 13.1 Å². The number of hydrogen-bond donors (Lipinski definition) is 0. The fourth-order valence-electron chi connectivity index (χ4n) is 3.20. The fraction of sp³-hybridized carbons (Fsp3) is 0.350. The van der Waals surface area contributed by atoms with Crippen LogP contribution in [0.25, 0.3) is 11.5 Å². The molecule has 6 nitrogen and oxygen atoms in total. The van der Waals surface area contributed by atoms with Crippen LogP contribution in [0.2, 0.25) is 0 Å². The summed E-state index contributed by atoms with van der Waals surface area (Å²) in [6.45, 7) is 1.05. The van der Waals surface area contributed by atoms with Crippen LogP contribution >= 0.6 is 11.3 Å². The highest BCUT2D eigenvalue weighted by atomic mass is 32.1. The van der Waals surface area contributed by atoms with Gasteiger partial charge in [0.15, 0.2) is 11.6 Å². The van der Waals surface area contributed by atoms with Crippen molar-refractivity contribution < 1.29 is 22.7 Å². The van der Waals surface area contributed by atoms with Crippen molar-refractivity contribution >= 4 is 17.2 Å². The maximum Gasteiger partial charge on any atom is 0.248 e. The van der Waals surface area contributed by atoms with Crippen molar-refractivity contribution in [1.29, 1.82) is 0 Å². The molecule has 3 aromatic rings. The maximum absolute atomic E-state index is 13.7. The van der Waals surface area contributed by atoms with Gasteiger partial charge in [-0.05, 0) is 23.6 Å². The Morgan fingerprint density at radius 3 is 2.79 bits per heavy atom. The zero-order valence-corrected chi connectivity index (χ0v) is 16.3. The van der Waals surface area contributed by atoms with Gasteiger partial charge in [-0.1, -0.05) is 0 Å². The summed E-state index contributed by atoms with van der Waals surface area (Å²) in [5.74, 6) is -0.422. The van der Waals surface area contributed by atoms with E-state index in [1.165, 1.54) is 12.1 Å². The van der Waals surface area contributed by atoms with Gasteiger partial charge in [0, 0.05) is 55.8 Å². The number of halogens is 2. The summed E-state index contributed by atoms with van der Waals surface area (Å²) < 4.78 is 37.9. The number of thiophene rings is 1.